The number of primary amides is 1. The molecule has 106 valence electrons. The molecule has 4 saturated carbocycles. The Hall–Kier alpha value is -1.35. The van der Waals surface area contributed by atoms with Gasteiger partial charge in [-0.05, 0) is 67.4 Å². The third-order valence-electron chi connectivity index (χ3n) is 5.83. The smallest absolute Gasteiger partial charge is 0.248 e. The van der Waals surface area contributed by atoms with Crippen LogP contribution < -0.4 is 5.73 Å². The summed E-state index contributed by atoms with van der Waals surface area (Å²) in [6, 6.07) is 7.79. The zero-order valence-corrected chi connectivity index (χ0v) is 11.6. The molecule has 0 spiro atoms. The molecule has 0 unspecified atom stereocenters. The third-order valence-corrected chi connectivity index (χ3v) is 5.83. The van der Waals surface area contributed by atoms with Crippen molar-refractivity contribution in [2.45, 2.75) is 43.6 Å². The summed E-state index contributed by atoms with van der Waals surface area (Å²) < 4.78 is 0. The number of rotatable bonds is 2. The van der Waals surface area contributed by atoms with Crippen LogP contribution in [0.2, 0.25) is 0 Å². The average molecular weight is 271 g/mol. The molecule has 0 saturated heterocycles. The number of aliphatic hydroxyl groups is 1. The van der Waals surface area contributed by atoms with E-state index in [1.165, 1.54) is 12.8 Å². The normalized spacial score (nSPS) is 41.9. The van der Waals surface area contributed by atoms with E-state index < -0.39 is 5.60 Å². The first kappa shape index (κ1) is 12.4. The van der Waals surface area contributed by atoms with E-state index in [4.69, 9.17) is 5.73 Å². The van der Waals surface area contributed by atoms with Crippen LogP contribution in [0, 0.1) is 17.8 Å². The Bertz CT molecular complexity index is 552. The average Bonchev–Trinajstić information content (AvgIpc) is 2.36. The van der Waals surface area contributed by atoms with E-state index in [0.29, 0.717) is 29.2 Å². The molecule has 0 heterocycles. The van der Waals surface area contributed by atoms with Crippen LogP contribution >= 0.6 is 0 Å². The fraction of sp³-hybridized carbons (Fsp3) is 0.588. The topological polar surface area (TPSA) is 63.3 Å². The van der Waals surface area contributed by atoms with E-state index in [-0.39, 0.29) is 5.91 Å². The Morgan fingerprint density at radius 1 is 1.15 bits per heavy atom. The lowest BCUT2D eigenvalue weighted by molar-refractivity contribution is -0.134. The third kappa shape index (κ3) is 1.72. The molecule has 4 bridgehead atoms. The van der Waals surface area contributed by atoms with Gasteiger partial charge in [-0.15, -0.1) is 0 Å². The predicted molar refractivity (Wildman–Crippen MR) is 76.2 cm³/mol. The highest BCUT2D eigenvalue weighted by molar-refractivity contribution is 5.94. The summed E-state index contributed by atoms with van der Waals surface area (Å²) in [6.45, 7) is 0. The molecule has 4 aliphatic rings. The maximum absolute atomic E-state index is 11.7. The van der Waals surface area contributed by atoms with Crippen molar-refractivity contribution in [3.05, 3.63) is 35.4 Å². The second-order valence-corrected chi connectivity index (χ2v) is 7.17. The van der Waals surface area contributed by atoms with Gasteiger partial charge in [-0.2, -0.15) is 0 Å². The minimum absolute atomic E-state index is 0.326. The number of hydrogen-bond acceptors (Lipinski definition) is 2. The Labute approximate surface area is 119 Å². The van der Waals surface area contributed by atoms with Crippen molar-refractivity contribution in [3.63, 3.8) is 0 Å². The van der Waals surface area contributed by atoms with Crippen molar-refractivity contribution in [2.75, 3.05) is 0 Å². The van der Waals surface area contributed by atoms with Crippen LogP contribution in [0.1, 0.15) is 53.9 Å². The van der Waals surface area contributed by atoms with Crippen LogP contribution in [-0.2, 0) is 0 Å². The maximum atomic E-state index is 11.7. The van der Waals surface area contributed by atoms with E-state index in [1.54, 1.807) is 0 Å². The summed E-state index contributed by atoms with van der Waals surface area (Å²) in [5, 5.41) is 10.7. The fourth-order valence-electron chi connectivity index (χ4n) is 5.50. The van der Waals surface area contributed by atoms with Gasteiger partial charge in [-0.3, -0.25) is 4.79 Å². The first-order valence-corrected chi connectivity index (χ1v) is 7.67. The minimum atomic E-state index is -0.422. The second kappa shape index (κ2) is 4.08. The zero-order chi connectivity index (χ0) is 13.9. The van der Waals surface area contributed by atoms with Gasteiger partial charge in [0.2, 0.25) is 5.91 Å². The molecule has 1 amide bonds. The number of benzene rings is 1. The Morgan fingerprint density at radius 3 is 2.40 bits per heavy atom. The largest absolute Gasteiger partial charge is 0.390 e. The minimum Gasteiger partial charge on any atom is -0.390 e. The first-order chi connectivity index (χ1) is 9.56. The van der Waals surface area contributed by atoms with Gasteiger partial charge in [0.1, 0.15) is 0 Å². The lowest BCUT2D eigenvalue weighted by Crippen LogP contribution is -2.53. The zero-order valence-electron chi connectivity index (χ0n) is 11.6. The van der Waals surface area contributed by atoms with Crippen LogP contribution in [0.15, 0.2) is 24.3 Å². The van der Waals surface area contributed by atoms with Crippen LogP contribution in [0.25, 0.3) is 0 Å². The van der Waals surface area contributed by atoms with Crippen molar-refractivity contribution in [1.82, 2.24) is 0 Å². The van der Waals surface area contributed by atoms with E-state index >= 15 is 0 Å². The molecule has 1 aromatic rings. The van der Waals surface area contributed by atoms with E-state index in [0.717, 1.165) is 24.8 Å². The van der Waals surface area contributed by atoms with Crippen LogP contribution in [0.4, 0.5) is 0 Å². The first-order valence-electron chi connectivity index (χ1n) is 7.67. The number of carbonyl (C=O) groups excluding carboxylic acids is 1. The standard InChI is InChI=1S/C17H21NO2/c18-16(19)14-4-2-1-3-13(14)15-11-5-10-6-12(15)9-17(20,7-10)8-11/h1-4,10-12,15,20H,5-9H2,(H2,18,19)/t10-,11+,12-,15-,17-. The van der Waals surface area contributed by atoms with Crippen LogP contribution in [0.3, 0.4) is 0 Å². The Balaban J connectivity index is 1.75. The molecule has 4 aliphatic carbocycles. The quantitative estimate of drug-likeness (QED) is 0.867. The van der Waals surface area contributed by atoms with Gasteiger partial charge in [0.05, 0.1) is 5.60 Å². The van der Waals surface area contributed by atoms with E-state index in [9.17, 15) is 9.90 Å². The molecule has 1 aromatic carbocycles. The SMILES string of the molecule is NC(=O)c1ccccc1[C@H]1[C@@H]2C[C@H]3C[C@H]1C[C@](O)(C3)C2. The Kier molecular flexibility index (Phi) is 2.53. The van der Waals surface area contributed by atoms with Gasteiger partial charge in [0.25, 0.3) is 0 Å². The lowest BCUT2D eigenvalue weighted by atomic mass is 9.49. The summed E-state index contributed by atoms with van der Waals surface area (Å²) in [4.78, 5) is 11.7. The molecule has 0 aromatic heterocycles. The van der Waals surface area contributed by atoms with Gasteiger partial charge in [0, 0.05) is 5.56 Å². The molecular formula is C17H21NO2. The van der Waals surface area contributed by atoms with Crippen molar-refractivity contribution in [1.29, 1.82) is 0 Å². The highest BCUT2D eigenvalue weighted by atomic mass is 16.3. The summed E-state index contributed by atoms with van der Waals surface area (Å²) in [5.41, 5.74) is 6.92. The van der Waals surface area contributed by atoms with Crippen LogP contribution in [0.5, 0.6) is 0 Å². The number of nitrogens with two attached hydrogens (primary N) is 1. The van der Waals surface area contributed by atoms with Crippen molar-refractivity contribution in [2.24, 2.45) is 23.5 Å². The van der Waals surface area contributed by atoms with E-state index in [2.05, 4.69) is 6.07 Å². The molecular weight excluding hydrogens is 250 g/mol. The molecule has 0 aliphatic heterocycles. The summed E-state index contributed by atoms with van der Waals surface area (Å²) in [7, 11) is 0. The molecule has 3 N–H and O–H groups in total. The summed E-state index contributed by atoms with van der Waals surface area (Å²) >= 11 is 0. The Morgan fingerprint density at radius 2 is 1.80 bits per heavy atom. The van der Waals surface area contributed by atoms with Crippen molar-refractivity contribution < 1.29 is 9.90 Å². The summed E-state index contributed by atoms with van der Waals surface area (Å²) in [6.07, 6.45) is 5.20. The highest BCUT2D eigenvalue weighted by Crippen LogP contribution is 2.61. The van der Waals surface area contributed by atoms with Gasteiger partial charge in [-0.25, -0.2) is 0 Å². The maximum Gasteiger partial charge on any atom is 0.248 e. The fourth-order valence-corrected chi connectivity index (χ4v) is 5.50. The van der Waals surface area contributed by atoms with E-state index in [1.807, 2.05) is 18.2 Å². The van der Waals surface area contributed by atoms with Gasteiger partial charge < -0.3 is 10.8 Å². The molecule has 0 radical (unpaired) electrons. The monoisotopic (exact) mass is 271 g/mol. The van der Waals surface area contributed by atoms with Crippen molar-refractivity contribution in [3.8, 4) is 0 Å². The summed E-state index contributed by atoms with van der Waals surface area (Å²) in [5.74, 6) is 1.82. The number of carbonyl (C=O) groups is 1. The molecule has 5 atom stereocenters. The number of amides is 1. The molecule has 3 heteroatoms. The molecule has 4 fully saturated rings. The van der Waals surface area contributed by atoms with Crippen molar-refractivity contribution >= 4 is 5.91 Å². The predicted octanol–water partition coefficient (Wildman–Crippen LogP) is 2.44. The molecule has 3 nitrogen and oxygen atoms in total. The van der Waals surface area contributed by atoms with Gasteiger partial charge in [-0.1, -0.05) is 18.2 Å². The van der Waals surface area contributed by atoms with Gasteiger partial charge >= 0.3 is 0 Å². The molecule has 5 rings (SSSR count). The molecule has 20 heavy (non-hydrogen) atoms. The lowest BCUT2D eigenvalue weighted by Gasteiger charge is -2.58. The number of hydrogen-bond donors (Lipinski definition) is 2. The van der Waals surface area contributed by atoms with Gasteiger partial charge in [0.15, 0.2) is 0 Å². The van der Waals surface area contributed by atoms with Crippen LogP contribution in [-0.4, -0.2) is 16.6 Å². The second-order valence-electron chi connectivity index (χ2n) is 7.17. The highest BCUT2D eigenvalue weighted by Gasteiger charge is 2.55.